The summed E-state index contributed by atoms with van der Waals surface area (Å²) in [5.74, 6) is -1.03. The van der Waals surface area contributed by atoms with Gasteiger partial charge in [-0.1, -0.05) is 48.3 Å². The zero-order chi connectivity index (χ0) is 32.8. The molecule has 0 aromatic heterocycles. The lowest BCUT2D eigenvalue weighted by Gasteiger charge is -2.34. The van der Waals surface area contributed by atoms with Gasteiger partial charge in [-0.2, -0.15) is 0 Å². The van der Waals surface area contributed by atoms with Crippen molar-refractivity contribution < 1.29 is 27.7 Å². The number of carbonyl (C=O) groups is 2. The highest BCUT2D eigenvalue weighted by atomic mass is 35.5. The van der Waals surface area contributed by atoms with Crippen LogP contribution >= 0.6 is 23.2 Å². The summed E-state index contributed by atoms with van der Waals surface area (Å²) >= 11 is 12.3. The van der Waals surface area contributed by atoms with Gasteiger partial charge in [-0.25, -0.2) is 8.42 Å². The smallest absolute Gasteiger partial charge is 0.273 e. The molecule has 0 heterocycles. The molecule has 0 bridgehead atoms. The van der Waals surface area contributed by atoms with Gasteiger partial charge in [0, 0.05) is 34.3 Å². The van der Waals surface area contributed by atoms with Crippen molar-refractivity contribution in [2.75, 3.05) is 18.0 Å². The number of nitrogens with one attached hydrogen (secondary N) is 1. The van der Waals surface area contributed by atoms with Gasteiger partial charge in [0.05, 0.1) is 22.6 Å². The maximum Gasteiger partial charge on any atom is 0.273 e. The van der Waals surface area contributed by atoms with Crippen LogP contribution in [-0.4, -0.2) is 55.8 Å². The van der Waals surface area contributed by atoms with Crippen LogP contribution < -0.4 is 14.4 Å². The SMILES string of the molecule is CC[C@H](C(=O)NC(C)C)N(Cc1ccc(Cl)cc1)C(=O)CN(c1cc(Cl)ccc1OC)S(=O)(=O)c1ccc(C)c([N+](=O)[O-])c1. The number of ether oxygens (including phenoxy) is 1. The lowest BCUT2D eigenvalue weighted by atomic mass is 10.1. The third-order valence-corrected chi connectivity index (χ3v) is 8.98. The van der Waals surface area contributed by atoms with E-state index >= 15 is 0 Å². The lowest BCUT2D eigenvalue weighted by molar-refractivity contribution is -0.385. The highest BCUT2D eigenvalue weighted by molar-refractivity contribution is 7.92. The summed E-state index contributed by atoms with van der Waals surface area (Å²) in [6, 6.07) is 13.3. The van der Waals surface area contributed by atoms with Crippen LogP contribution in [-0.2, 0) is 26.2 Å². The van der Waals surface area contributed by atoms with E-state index in [1.165, 1.54) is 49.3 Å². The van der Waals surface area contributed by atoms with Crippen molar-refractivity contribution in [3.63, 3.8) is 0 Å². The molecule has 3 rings (SSSR count). The standard InChI is InChI=1S/C30H34Cl2N4O7S/c1-6-25(30(38)33-19(2)3)34(17-21-8-10-22(31)11-9-21)29(37)18-35(27-15-23(32)12-14-28(27)43-5)44(41,42)24-13-7-20(4)26(16-24)36(39)40/h7-16,19,25H,6,17-18H2,1-5H3,(H,33,38)/t25-/m1/s1. The average Bonchev–Trinajstić information content (AvgIpc) is 2.96. The molecule has 0 aliphatic carbocycles. The molecule has 0 fully saturated rings. The fourth-order valence-electron chi connectivity index (χ4n) is 4.53. The van der Waals surface area contributed by atoms with Gasteiger partial charge in [0.1, 0.15) is 18.3 Å². The minimum absolute atomic E-state index is 0.0312. The van der Waals surface area contributed by atoms with Crippen LogP contribution in [0.1, 0.15) is 38.3 Å². The van der Waals surface area contributed by atoms with Crippen LogP contribution in [0.2, 0.25) is 10.0 Å². The van der Waals surface area contributed by atoms with Gasteiger partial charge < -0.3 is 15.0 Å². The van der Waals surface area contributed by atoms with Crippen molar-refractivity contribution in [1.82, 2.24) is 10.2 Å². The number of halogens is 2. The molecule has 11 nitrogen and oxygen atoms in total. The van der Waals surface area contributed by atoms with Crippen molar-refractivity contribution in [3.8, 4) is 5.75 Å². The quantitative estimate of drug-likeness (QED) is 0.181. The zero-order valence-electron chi connectivity index (χ0n) is 24.9. The van der Waals surface area contributed by atoms with Crippen molar-refractivity contribution in [1.29, 1.82) is 0 Å². The van der Waals surface area contributed by atoms with E-state index in [0.29, 0.717) is 10.6 Å². The van der Waals surface area contributed by atoms with E-state index in [0.717, 1.165) is 10.4 Å². The van der Waals surface area contributed by atoms with Crippen molar-refractivity contribution >= 4 is 56.4 Å². The zero-order valence-corrected chi connectivity index (χ0v) is 27.2. The number of hydrogen-bond acceptors (Lipinski definition) is 7. The highest BCUT2D eigenvalue weighted by Gasteiger charge is 2.35. The molecule has 0 unspecified atom stereocenters. The Morgan fingerprint density at radius 3 is 2.23 bits per heavy atom. The van der Waals surface area contributed by atoms with Gasteiger partial charge in [0.25, 0.3) is 15.7 Å². The molecule has 1 N–H and O–H groups in total. The summed E-state index contributed by atoms with van der Waals surface area (Å²) in [5.41, 5.74) is 0.439. The lowest BCUT2D eigenvalue weighted by Crippen LogP contribution is -2.53. The van der Waals surface area contributed by atoms with Crippen LogP contribution in [0.25, 0.3) is 0 Å². The molecule has 14 heteroatoms. The Bertz CT molecular complexity index is 1630. The molecule has 3 aromatic rings. The topological polar surface area (TPSA) is 139 Å². The number of nitro groups is 1. The van der Waals surface area contributed by atoms with E-state index in [1.54, 1.807) is 45.0 Å². The third-order valence-electron chi connectivity index (χ3n) is 6.74. The van der Waals surface area contributed by atoms with Crippen LogP contribution in [0, 0.1) is 17.0 Å². The first-order chi connectivity index (χ1) is 20.7. The maximum atomic E-state index is 14.2. The molecular weight excluding hydrogens is 631 g/mol. The van der Waals surface area contributed by atoms with Crippen LogP contribution in [0.4, 0.5) is 11.4 Å². The molecular formula is C30H34Cl2N4O7S. The van der Waals surface area contributed by atoms with E-state index in [9.17, 15) is 28.1 Å². The van der Waals surface area contributed by atoms with Crippen molar-refractivity contribution in [3.05, 3.63) is 92.0 Å². The number of nitrogens with zero attached hydrogens (tertiary/aromatic N) is 3. The number of sulfonamides is 1. The van der Waals surface area contributed by atoms with Gasteiger partial charge in [-0.3, -0.25) is 24.0 Å². The molecule has 0 saturated heterocycles. The van der Waals surface area contributed by atoms with E-state index in [2.05, 4.69) is 5.32 Å². The predicted octanol–water partition coefficient (Wildman–Crippen LogP) is 5.75. The summed E-state index contributed by atoms with van der Waals surface area (Å²) in [7, 11) is -3.30. The summed E-state index contributed by atoms with van der Waals surface area (Å²) in [4.78, 5) is 39.3. The second kappa shape index (κ2) is 14.7. The molecule has 44 heavy (non-hydrogen) atoms. The second-order valence-corrected chi connectivity index (χ2v) is 13.0. The van der Waals surface area contributed by atoms with Gasteiger partial charge in [-0.15, -0.1) is 0 Å². The first-order valence-electron chi connectivity index (χ1n) is 13.6. The van der Waals surface area contributed by atoms with E-state index in [-0.39, 0.29) is 41.0 Å². The largest absolute Gasteiger partial charge is 0.495 e. The maximum absolute atomic E-state index is 14.2. The van der Waals surface area contributed by atoms with E-state index < -0.39 is 49.9 Å². The average molecular weight is 666 g/mol. The number of amides is 2. The molecule has 236 valence electrons. The van der Waals surface area contributed by atoms with Gasteiger partial charge in [0.2, 0.25) is 11.8 Å². The number of anilines is 1. The van der Waals surface area contributed by atoms with Crippen LogP contribution in [0.5, 0.6) is 5.75 Å². The van der Waals surface area contributed by atoms with Crippen molar-refractivity contribution in [2.45, 2.75) is 57.6 Å². The van der Waals surface area contributed by atoms with Gasteiger partial charge in [0.15, 0.2) is 0 Å². The second-order valence-electron chi connectivity index (χ2n) is 10.3. The Kier molecular flexibility index (Phi) is 11.6. The minimum Gasteiger partial charge on any atom is -0.495 e. The Morgan fingerprint density at radius 2 is 1.66 bits per heavy atom. The van der Waals surface area contributed by atoms with E-state index in [1.807, 2.05) is 0 Å². The fraction of sp³-hybridized carbons (Fsp3) is 0.333. The highest BCUT2D eigenvalue weighted by Crippen LogP contribution is 2.36. The molecule has 0 radical (unpaired) electrons. The first-order valence-corrected chi connectivity index (χ1v) is 15.8. The number of aryl methyl sites for hydroxylation is 1. The molecule has 0 aliphatic rings. The van der Waals surface area contributed by atoms with Crippen molar-refractivity contribution in [2.24, 2.45) is 0 Å². The number of methoxy groups -OCH3 is 1. The van der Waals surface area contributed by atoms with E-state index in [4.69, 9.17) is 27.9 Å². The third kappa shape index (κ3) is 8.19. The van der Waals surface area contributed by atoms with Gasteiger partial charge >= 0.3 is 0 Å². The number of benzene rings is 3. The molecule has 2 amide bonds. The number of rotatable bonds is 13. The summed E-state index contributed by atoms with van der Waals surface area (Å²) in [5, 5.41) is 15.1. The summed E-state index contributed by atoms with van der Waals surface area (Å²) < 4.78 is 34.6. The molecule has 3 aromatic carbocycles. The monoisotopic (exact) mass is 664 g/mol. The number of hydrogen-bond donors (Lipinski definition) is 1. The first kappa shape index (κ1) is 34.6. The molecule has 0 aliphatic heterocycles. The summed E-state index contributed by atoms with van der Waals surface area (Å²) in [6.45, 7) is 5.99. The minimum atomic E-state index is -4.63. The number of nitro benzene ring substituents is 1. The Hall–Kier alpha value is -3.87. The fourth-order valence-corrected chi connectivity index (χ4v) is 6.26. The molecule has 1 atom stereocenters. The number of carbonyl (C=O) groups excluding carboxylic acids is 2. The Labute approximate surface area is 266 Å². The molecule has 0 saturated carbocycles. The Morgan fingerprint density at radius 1 is 1.02 bits per heavy atom. The Balaban J connectivity index is 2.19. The van der Waals surface area contributed by atoms with Crippen LogP contribution in [0.3, 0.4) is 0 Å². The molecule has 0 spiro atoms. The normalized spacial score (nSPS) is 12.0. The van der Waals surface area contributed by atoms with Crippen LogP contribution in [0.15, 0.2) is 65.6 Å². The summed E-state index contributed by atoms with van der Waals surface area (Å²) in [6.07, 6.45) is 0.231. The van der Waals surface area contributed by atoms with Gasteiger partial charge in [-0.05, 0) is 69.2 Å². The predicted molar refractivity (Wildman–Crippen MR) is 170 cm³/mol.